The molecule has 1 N–H and O–H groups in total. The lowest BCUT2D eigenvalue weighted by molar-refractivity contribution is -0.384. The van der Waals surface area contributed by atoms with Gasteiger partial charge in [-0.05, 0) is 34.1 Å². The number of rotatable bonds is 4. The number of nitro benzene ring substituents is 1. The van der Waals surface area contributed by atoms with E-state index in [1.165, 1.54) is 37.6 Å². The van der Waals surface area contributed by atoms with E-state index < -0.39 is 10.8 Å². The second-order valence-corrected chi connectivity index (χ2v) is 4.87. The van der Waals surface area contributed by atoms with Crippen molar-refractivity contribution in [2.24, 2.45) is 0 Å². The van der Waals surface area contributed by atoms with Crippen LogP contribution in [0.15, 0.2) is 41.0 Å². The van der Waals surface area contributed by atoms with E-state index in [4.69, 9.17) is 4.74 Å². The Kier molecular flexibility index (Phi) is 4.49. The molecule has 2 aromatic rings. The Morgan fingerprint density at radius 2 is 2.14 bits per heavy atom. The van der Waals surface area contributed by atoms with Crippen LogP contribution in [0.3, 0.4) is 0 Å². The quantitative estimate of drug-likeness (QED) is 0.674. The number of aromatic nitrogens is 1. The summed E-state index contributed by atoms with van der Waals surface area (Å²) >= 11 is 3.22. The molecule has 0 radical (unpaired) electrons. The van der Waals surface area contributed by atoms with Gasteiger partial charge in [-0.15, -0.1) is 0 Å². The summed E-state index contributed by atoms with van der Waals surface area (Å²) in [7, 11) is 1.41. The number of hydrogen-bond donors (Lipinski definition) is 1. The first kappa shape index (κ1) is 14.9. The van der Waals surface area contributed by atoms with Crippen molar-refractivity contribution in [2.75, 3.05) is 12.4 Å². The average Bonchev–Trinajstić information content (AvgIpc) is 2.47. The van der Waals surface area contributed by atoms with E-state index in [9.17, 15) is 14.9 Å². The number of pyridine rings is 1. The Morgan fingerprint density at radius 1 is 1.38 bits per heavy atom. The minimum Gasteiger partial charge on any atom is -0.495 e. The van der Waals surface area contributed by atoms with Gasteiger partial charge in [-0.1, -0.05) is 0 Å². The van der Waals surface area contributed by atoms with Crippen molar-refractivity contribution < 1.29 is 14.5 Å². The number of non-ortho nitro benzene ring substituents is 1. The fourth-order valence-electron chi connectivity index (χ4n) is 1.60. The monoisotopic (exact) mass is 351 g/mol. The number of nitrogens with one attached hydrogen (secondary N) is 1. The molecule has 2 rings (SSSR count). The second-order valence-electron chi connectivity index (χ2n) is 3.96. The summed E-state index contributed by atoms with van der Waals surface area (Å²) < 4.78 is 5.81. The number of carbonyl (C=O) groups is 1. The van der Waals surface area contributed by atoms with Gasteiger partial charge in [-0.3, -0.25) is 14.9 Å². The number of ether oxygens (including phenoxy) is 1. The molecule has 0 saturated carbocycles. The Balaban J connectivity index is 2.29. The van der Waals surface area contributed by atoms with E-state index in [1.807, 2.05) is 0 Å². The van der Waals surface area contributed by atoms with Crippen LogP contribution in [0.1, 0.15) is 10.5 Å². The van der Waals surface area contributed by atoms with Crippen molar-refractivity contribution in [3.05, 3.63) is 56.8 Å². The molecular weight excluding hydrogens is 342 g/mol. The van der Waals surface area contributed by atoms with Gasteiger partial charge in [0, 0.05) is 22.8 Å². The Morgan fingerprint density at radius 3 is 2.71 bits per heavy atom. The van der Waals surface area contributed by atoms with Crippen molar-refractivity contribution in [1.29, 1.82) is 0 Å². The van der Waals surface area contributed by atoms with Crippen LogP contribution in [0.5, 0.6) is 5.75 Å². The van der Waals surface area contributed by atoms with Crippen molar-refractivity contribution >= 4 is 33.2 Å². The summed E-state index contributed by atoms with van der Waals surface area (Å²) in [6.45, 7) is 0. The molecule has 0 bridgehead atoms. The first-order valence-electron chi connectivity index (χ1n) is 5.76. The predicted molar refractivity (Wildman–Crippen MR) is 79.5 cm³/mol. The molecule has 0 fully saturated rings. The normalized spacial score (nSPS) is 10.0. The molecule has 0 atom stereocenters. The molecule has 0 aliphatic carbocycles. The minimum atomic E-state index is -0.549. The molecule has 0 saturated heterocycles. The number of nitro groups is 1. The summed E-state index contributed by atoms with van der Waals surface area (Å²) in [5, 5.41) is 13.3. The summed E-state index contributed by atoms with van der Waals surface area (Å²) in [6, 6.07) is 7.15. The zero-order chi connectivity index (χ0) is 15.4. The van der Waals surface area contributed by atoms with Crippen LogP contribution in [0, 0.1) is 10.1 Å². The van der Waals surface area contributed by atoms with Crippen LogP contribution in [0.25, 0.3) is 0 Å². The number of benzene rings is 1. The number of anilines is 1. The number of nitrogens with zero attached hydrogens (tertiary/aromatic N) is 2. The van der Waals surface area contributed by atoms with Crippen LogP contribution in [-0.4, -0.2) is 22.9 Å². The van der Waals surface area contributed by atoms with Gasteiger partial charge in [0.05, 0.1) is 17.7 Å². The third-order valence-corrected chi connectivity index (χ3v) is 3.07. The highest BCUT2D eigenvalue weighted by molar-refractivity contribution is 9.10. The number of carbonyl (C=O) groups excluding carboxylic acids is 1. The molecule has 0 aliphatic heterocycles. The topological polar surface area (TPSA) is 94.4 Å². The summed E-state index contributed by atoms with van der Waals surface area (Å²) in [4.78, 5) is 26.2. The zero-order valence-corrected chi connectivity index (χ0v) is 12.5. The molecule has 1 amide bonds. The standard InChI is InChI=1S/C13H10BrN3O4/c1-21-12-5-3-9(17(19)20)6-11(12)16-13(18)10-4-2-8(14)7-15-10/h2-7H,1H3,(H,16,18). The largest absolute Gasteiger partial charge is 0.495 e. The first-order valence-corrected chi connectivity index (χ1v) is 6.56. The molecule has 0 aliphatic rings. The van der Waals surface area contributed by atoms with E-state index in [-0.39, 0.29) is 17.1 Å². The van der Waals surface area contributed by atoms with Crippen molar-refractivity contribution in [2.45, 2.75) is 0 Å². The average molecular weight is 352 g/mol. The fourth-order valence-corrected chi connectivity index (χ4v) is 1.84. The van der Waals surface area contributed by atoms with E-state index >= 15 is 0 Å². The van der Waals surface area contributed by atoms with Crippen molar-refractivity contribution in [3.8, 4) is 5.75 Å². The maximum atomic E-state index is 12.1. The lowest BCUT2D eigenvalue weighted by atomic mass is 10.2. The van der Waals surface area contributed by atoms with Gasteiger partial charge in [-0.25, -0.2) is 4.98 Å². The van der Waals surface area contributed by atoms with Gasteiger partial charge in [0.1, 0.15) is 11.4 Å². The van der Waals surface area contributed by atoms with Gasteiger partial charge >= 0.3 is 0 Å². The molecule has 1 heterocycles. The smallest absolute Gasteiger partial charge is 0.274 e. The molecule has 1 aromatic heterocycles. The van der Waals surface area contributed by atoms with Gasteiger partial charge in [0.15, 0.2) is 0 Å². The molecule has 7 nitrogen and oxygen atoms in total. The number of amides is 1. The summed E-state index contributed by atoms with van der Waals surface area (Å²) in [5.74, 6) is -0.160. The molecule has 0 spiro atoms. The first-order chi connectivity index (χ1) is 10.0. The SMILES string of the molecule is COc1ccc([N+](=O)[O-])cc1NC(=O)c1ccc(Br)cn1. The maximum absolute atomic E-state index is 12.1. The van der Waals surface area contributed by atoms with Crippen molar-refractivity contribution in [1.82, 2.24) is 4.98 Å². The molecule has 21 heavy (non-hydrogen) atoms. The maximum Gasteiger partial charge on any atom is 0.274 e. The minimum absolute atomic E-state index is 0.144. The lowest BCUT2D eigenvalue weighted by Crippen LogP contribution is -2.14. The van der Waals surface area contributed by atoms with E-state index in [0.29, 0.717) is 5.75 Å². The highest BCUT2D eigenvalue weighted by atomic mass is 79.9. The van der Waals surface area contributed by atoms with Crippen LogP contribution < -0.4 is 10.1 Å². The second kappa shape index (κ2) is 6.31. The highest BCUT2D eigenvalue weighted by Gasteiger charge is 2.15. The molecular formula is C13H10BrN3O4. The fraction of sp³-hybridized carbons (Fsp3) is 0.0769. The molecule has 1 aromatic carbocycles. The number of hydrogen-bond acceptors (Lipinski definition) is 5. The number of halogens is 1. The van der Waals surface area contributed by atoms with E-state index in [1.54, 1.807) is 6.07 Å². The summed E-state index contributed by atoms with van der Waals surface area (Å²) in [5.41, 5.74) is 0.253. The highest BCUT2D eigenvalue weighted by Crippen LogP contribution is 2.29. The van der Waals surface area contributed by atoms with Crippen LogP contribution in [-0.2, 0) is 0 Å². The molecule has 108 valence electrons. The van der Waals surface area contributed by atoms with Crippen LogP contribution in [0.2, 0.25) is 0 Å². The Labute approximate surface area is 128 Å². The van der Waals surface area contributed by atoms with E-state index in [0.717, 1.165) is 4.47 Å². The Bertz CT molecular complexity index is 688. The predicted octanol–water partition coefficient (Wildman–Crippen LogP) is 3.01. The van der Waals surface area contributed by atoms with Gasteiger partial charge in [0.2, 0.25) is 0 Å². The Hall–Kier alpha value is -2.48. The summed E-state index contributed by atoms with van der Waals surface area (Å²) in [6.07, 6.45) is 1.49. The van der Waals surface area contributed by atoms with Crippen LogP contribution in [0.4, 0.5) is 11.4 Å². The van der Waals surface area contributed by atoms with Crippen molar-refractivity contribution in [3.63, 3.8) is 0 Å². The lowest BCUT2D eigenvalue weighted by Gasteiger charge is -2.09. The van der Waals surface area contributed by atoms with Gasteiger partial charge < -0.3 is 10.1 Å². The molecule has 8 heteroatoms. The van der Waals surface area contributed by atoms with Crippen LogP contribution >= 0.6 is 15.9 Å². The molecule has 0 unspecified atom stereocenters. The third kappa shape index (κ3) is 3.54. The van der Waals surface area contributed by atoms with E-state index in [2.05, 4.69) is 26.2 Å². The third-order valence-electron chi connectivity index (χ3n) is 2.60. The van der Waals surface area contributed by atoms with Gasteiger partial charge in [-0.2, -0.15) is 0 Å². The number of methoxy groups -OCH3 is 1. The van der Waals surface area contributed by atoms with Gasteiger partial charge in [0.25, 0.3) is 11.6 Å². The zero-order valence-electron chi connectivity index (χ0n) is 10.9.